The van der Waals surface area contributed by atoms with Crippen molar-refractivity contribution in [1.29, 1.82) is 0 Å². The van der Waals surface area contributed by atoms with Gasteiger partial charge < -0.3 is 26.4 Å². The topological polar surface area (TPSA) is 102 Å². The summed E-state index contributed by atoms with van der Waals surface area (Å²) in [5.74, 6) is 1.09. The monoisotopic (exact) mass is 348 g/mol. The van der Waals surface area contributed by atoms with Crippen molar-refractivity contribution in [1.82, 2.24) is 20.2 Å². The number of aryl methyl sites for hydroxylation is 1. The van der Waals surface area contributed by atoms with Gasteiger partial charge in [0.1, 0.15) is 17.1 Å². The number of nitrogens with zero attached hydrogens (tertiary/aromatic N) is 3. The minimum Gasteiger partial charge on any atom is -0.471 e. The van der Waals surface area contributed by atoms with Gasteiger partial charge in [-0.2, -0.15) is 0 Å². The van der Waals surface area contributed by atoms with E-state index in [9.17, 15) is 0 Å². The summed E-state index contributed by atoms with van der Waals surface area (Å²) in [5, 5.41) is 3.38. The molecule has 1 saturated heterocycles. The number of nitrogens with two attached hydrogens (primary N) is 2. The summed E-state index contributed by atoms with van der Waals surface area (Å²) in [7, 11) is 0. The molecule has 8 heteroatoms. The Morgan fingerprint density at radius 3 is 3.04 bits per heavy atom. The summed E-state index contributed by atoms with van der Waals surface area (Å²) in [6, 6.07) is 0.270. The van der Waals surface area contributed by atoms with Crippen LogP contribution >= 0.6 is 11.6 Å². The molecule has 24 heavy (non-hydrogen) atoms. The smallest absolute Gasteiger partial charge is 0.232 e. The van der Waals surface area contributed by atoms with Crippen molar-refractivity contribution in [2.24, 2.45) is 11.5 Å². The zero-order valence-corrected chi connectivity index (χ0v) is 14.3. The first kappa shape index (κ1) is 16.4. The number of rotatable bonds is 4. The van der Waals surface area contributed by atoms with Gasteiger partial charge in [-0.05, 0) is 19.1 Å². The standard InChI is InChI=1S/C16H21ClN6O/c1-3-12-9(2)22-15(7-20-12)24-11-4-10-6-21-16(19)13(5-14(17)18)23(10)8-11/h3,5,7,10-11,21H,1,4,6,8,18-19H2,2H3/b14-5-. The number of fused-ring (bicyclic) bond motifs is 1. The number of hydrogen-bond donors (Lipinski definition) is 3. The fourth-order valence-electron chi connectivity index (χ4n) is 3.11. The van der Waals surface area contributed by atoms with E-state index in [1.165, 1.54) is 0 Å². The zero-order valence-electron chi connectivity index (χ0n) is 13.5. The van der Waals surface area contributed by atoms with Crippen LogP contribution < -0.4 is 21.5 Å². The van der Waals surface area contributed by atoms with Crippen LogP contribution in [0.3, 0.4) is 0 Å². The van der Waals surface area contributed by atoms with Crippen molar-refractivity contribution >= 4 is 17.7 Å². The van der Waals surface area contributed by atoms with Crippen LogP contribution in [0.1, 0.15) is 17.8 Å². The van der Waals surface area contributed by atoms with Gasteiger partial charge in [-0.25, -0.2) is 9.97 Å². The molecule has 0 aromatic carbocycles. The molecule has 0 amide bonds. The molecule has 0 spiro atoms. The maximum Gasteiger partial charge on any atom is 0.232 e. The van der Waals surface area contributed by atoms with E-state index in [2.05, 4.69) is 26.8 Å². The van der Waals surface area contributed by atoms with Crippen LogP contribution in [0.5, 0.6) is 5.88 Å². The van der Waals surface area contributed by atoms with E-state index in [1.807, 2.05) is 6.92 Å². The zero-order chi connectivity index (χ0) is 17.3. The van der Waals surface area contributed by atoms with E-state index in [4.69, 9.17) is 27.8 Å². The summed E-state index contributed by atoms with van der Waals surface area (Å²) in [4.78, 5) is 10.9. The van der Waals surface area contributed by atoms with E-state index >= 15 is 0 Å². The Morgan fingerprint density at radius 1 is 1.58 bits per heavy atom. The molecule has 1 fully saturated rings. The number of allylic oxidation sites excluding steroid dienone is 1. The van der Waals surface area contributed by atoms with Gasteiger partial charge in [-0.15, -0.1) is 0 Å². The molecule has 128 valence electrons. The van der Waals surface area contributed by atoms with E-state index in [0.717, 1.165) is 30.1 Å². The molecule has 2 atom stereocenters. The fraction of sp³-hybridized carbons (Fsp3) is 0.375. The summed E-state index contributed by atoms with van der Waals surface area (Å²) in [6.07, 6.45) is 5.81. The Kier molecular flexibility index (Phi) is 4.53. The Bertz CT molecular complexity index is 713. The van der Waals surface area contributed by atoms with Gasteiger partial charge in [0.15, 0.2) is 0 Å². The van der Waals surface area contributed by atoms with Gasteiger partial charge in [-0.3, -0.25) is 0 Å². The number of ether oxygens (including phenoxy) is 1. The summed E-state index contributed by atoms with van der Waals surface area (Å²) < 4.78 is 6.01. The highest BCUT2D eigenvalue weighted by atomic mass is 35.5. The molecular formula is C16H21ClN6O. The van der Waals surface area contributed by atoms with Crippen molar-refractivity contribution in [2.75, 3.05) is 13.1 Å². The first-order valence-electron chi connectivity index (χ1n) is 7.73. The summed E-state index contributed by atoms with van der Waals surface area (Å²) in [6.45, 7) is 7.04. The maximum absolute atomic E-state index is 6.03. The van der Waals surface area contributed by atoms with Gasteiger partial charge in [0.05, 0.1) is 35.9 Å². The fourth-order valence-corrected chi connectivity index (χ4v) is 3.21. The normalized spacial score (nSPS) is 23.8. The van der Waals surface area contributed by atoms with Crippen LogP contribution in [0.4, 0.5) is 0 Å². The van der Waals surface area contributed by atoms with Crippen LogP contribution in [-0.2, 0) is 0 Å². The second kappa shape index (κ2) is 6.60. The Morgan fingerprint density at radius 2 is 2.38 bits per heavy atom. The minimum atomic E-state index is -0.00840. The molecule has 5 N–H and O–H groups in total. The highest BCUT2D eigenvalue weighted by Gasteiger charge is 2.37. The number of aromatic nitrogens is 2. The van der Waals surface area contributed by atoms with Crippen molar-refractivity contribution in [3.8, 4) is 5.88 Å². The molecule has 1 aromatic heterocycles. The predicted molar refractivity (Wildman–Crippen MR) is 93.7 cm³/mol. The largest absolute Gasteiger partial charge is 0.471 e. The van der Waals surface area contributed by atoms with Crippen molar-refractivity contribution in [2.45, 2.75) is 25.5 Å². The van der Waals surface area contributed by atoms with E-state index in [1.54, 1.807) is 18.3 Å². The molecule has 2 aliphatic heterocycles. The van der Waals surface area contributed by atoms with Gasteiger partial charge in [0.2, 0.25) is 5.88 Å². The van der Waals surface area contributed by atoms with Crippen LogP contribution in [0, 0.1) is 6.92 Å². The first-order chi connectivity index (χ1) is 11.5. The SMILES string of the molecule is C=Cc1ncc(OC2CC3CNC(N)=C(/C=C(\N)Cl)N3C2)nc1C. The van der Waals surface area contributed by atoms with Crippen molar-refractivity contribution < 1.29 is 4.74 Å². The van der Waals surface area contributed by atoms with Crippen LogP contribution in [0.25, 0.3) is 6.08 Å². The average Bonchev–Trinajstić information content (AvgIpc) is 2.93. The lowest BCUT2D eigenvalue weighted by Gasteiger charge is -2.33. The minimum absolute atomic E-state index is 0.00840. The Hall–Kier alpha value is -2.41. The molecule has 1 aromatic rings. The lowest BCUT2D eigenvalue weighted by molar-refractivity contribution is 0.200. The molecule has 2 aliphatic rings. The average molecular weight is 349 g/mol. The molecule has 0 aliphatic carbocycles. The van der Waals surface area contributed by atoms with Crippen LogP contribution in [0.15, 0.2) is 35.5 Å². The van der Waals surface area contributed by atoms with Crippen molar-refractivity contribution in [3.63, 3.8) is 0 Å². The number of hydrogen-bond acceptors (Lipinski definition) is 7. The summed E-state index contributed by atoms with van der Waals surface area (Å²) in [5.41, 5.74) is 14.0. The number of nitrogens with one attached hydrogen (secondary N) is 1. The quantitative estimate of drug-likeness (QED) is 0.698. The third-order valence-electron chi connectivity index (χ3n) is 4.21. The Labute approximate surface area is 146 Å². The van der Waals surface area contributed by atoms with Gasteiger partial charge in [-0.1, -0.05) is 18.2 Å². The van der Waals surface area contributed by atoms with Gasteiger partial charge in [0.25, 0.3) is 0 Å². The molecule has 3 heterocycles. The second-order valence-corrected chi connectivity index (χ2v) is 6.31. The second-order valence-electron chi connectivity index (χ2n) is 5.87. The molecule has 0 saturated carbocycles. The third-order valence-corrected chi connectivity index (χ3v) is 4.32. The van der Waals surface area contributed by atoms with Crippen LogP contribution in [0.2, 0.25) is 0 Å². The Balaban J connectivity index is 1.74. The van der Waals surface area contributed by atoms with Crippen molar-refractivity contribution in [3.05, 3.63) is 46.9 Å². The van der Waals surface area contributed by atoms with Gasteiger partial charge in [0, 0.05) is 13.0 Å². The summed E-state index contributed by atoms with van der Waals surface area (Å²) >= 11 is 5.82. The predicted octanol–water partition coefficient (Wildman–Crippen LogP) is 1.02. The maximum atomic E-state index is 6.03. The number of halogens is 1. The molecule has 0 bridgehead atoms. The molecular weight excluding hydrogens is 328 g/mol. The molecule has 2 unspecified atom stereocenters. The molecule has 3 rings (SSSR count). The highest BCUT2D eigenvalue weighted by Crippen LogP contribution is 2.29. The first-order valence-corrected chi connectivity index (χ1v) is 8.11. The lowest BCUT2D eigenvalue weighted by Crippen LogP contribution is -2.45. The van der Waals surface area contributed by atoms with Gasteiger partial charge >= 0.3 is 0 Å². The van der Waals surface area contributed by atoms with E-state index in [-0.39, 0.29) is 17.3 Å². The highest BCUT2D eigenvalue weighted by molar-refractivity contribution is 6.29. The van der Waals surface area contributed by atoms with Crippen LogP contribution in [-0.4, -0.2) is 40.1 Å². The lowest BCUT2D eigenvalue weighted by atomic mass is 10.1. The molecule has 7 nitrogen and oxygen atoms in total. The van der Waals surface area contributed by atoms with E-state index in [0.29, 0.717) is 18.2 Å². The molecule has 0 radical (unpaired) electrons. The third kappa shape index (κ3) is 3.26. The van der Waals surface area contributed by atoms with E-state index < -0.39 is 0 Å².